The second-order valence-corrected chi connectivity index (χ2v) is 7.81. The number of anilines is 1. The largest absolute Gasteiger partial charge is 0.378 e. The lowest BCUT2D eigenvalue weighted by molar-refractivity contribution is 0.122. The van der Waals surface area contributed by atoms with Gasteiger partial charge in [0.15, 0.2) is 20.7 Å². The standard InChI is InChI=1S/C14H21N3O3S/c18-21(19,12-4-2-1-3-5-12)14-7-6-13(15-16-14)17-8-10-20-11-9-17/h6-7,12H,1-5,8-11H2. The summed E-state index contributed by atoms with van der Waals surface area (Å²) < 4.78 is 30.4. The number of morpholine rings is 1. The molecule has 1 aliphatic carbocycles. The number of hydrogen-bond donors (Lipinski definition) is 0. The lowest BCUT2D eigenvalue weighted by Crippen LogP contribution is -2.37. The molecule has 2 heterocycles. The van der Waals surface area contributed by atoms with Crippen molar-refractivity contribution >= 4 is 15.7 Å². The number of hydrogen-bond acceptors (Lipinski definition) is 6. The minimum absolute atomic E-state index is 0.117. The summed E-state index contributed by atoms with van der Waals surface area (Å²) in [5.74, 6) is 0.723. The van der Waals surface area contributed by atoms with Crippen LogP contribution in [0.4, 0.5) is 5.82 Å². The number of aromatic nitrogens is 2. The first kappa shape index (κ1) is 14.7. The van der Waals surface area contributed by atoms with E-state index in [1.807, 2.05) is 0 Å². The molecule has 1 saturated heterocycles. The highest BCUT2D eigenvalue weighted by molar-refractivity contribution is 7.92. The summed E-state index contributed by atoms with van der Waals surface area (Å²) in [7, 11) is -3.33. The Morgan fingerprint density at radius 2 is 1.76 bits per heavy atom. The molecule has 21 heavy (non-hydrogen) atoms. The smallest absolute Gasteiger partial charge is 0.200 e. The van der Waals surface area contributed by atoms with Crippen LogP contribution in [0.3, 0.4) is 0 Å². The van der Waals surface area contributed by atoms with Gasteiger partial charge in [0.25, 0.3) is 0 Å². The van der Waals surface area contributed by atoms with Gasteiger partial charge in [-0.2, -0.15) is 0 Å². The van der Waals surface area contributed by atoms with Crippen molar-refractivity contribution in [3.8, 4) is 0 Å². The van der Waals surface area contributed by atoms with Crippen molar-refractivity contribution in [3.05, 3.63) is 12.1 Å². The fraction of sp³-hybridized carbons (Fsp3) is 0.714. The first-order valence-corrected chi connectivity index (χ1v) is 9.13. The van der Waals surface area contributed by atoms with Crippen LogP contribution in [0.1, 0.15) is 32.1 Å². The van der Waals surface area contributed by atoms with Crippen LogP contribution in [0.25, 0.3) is 0 Å². The highest BCUT2D eigenvalue weighted by Gasteiger charge is 2.30. The SMILES string of the molecule is O=S(=O)(c1ccc(N2CCOCC2)nn1)C1CCCCC1. The molecule has 0 aromatic carbocycles. The summed E-state index contributed by atoms with van der Waals surface area (Å²) in [5.41, 5.74) is 0. The van der Waals surface area contributed by atoms with Gasteiger partial charge in [-0.3, -0.25) is 0 Å². The molecular formula is C14H21N3O3S. The molecule has 1 aliphatic heterocycles. The van der Waals surface area contributed by atoms with Gasteiger partial charge < -0.3 is 9.64 Å². The van der Waals surface area contributed by atoms with Gasteiger partial charge in [0.2, 0.25) is 0 Å². The molecule has 0 spiro atoms. The van der Waals surface area contributed by atoms with Crippen LogP contribution in [-0.4, -0.2) is 50.2 Å². The molecule has 116 valence electrons. The second kappa shape index (κ2) is 6.27. The van der Waals surface area contributed by atoms with Gasteiger partial charge in [0.1, 0.15) is 0 Å². The van der Waals surface area contributed by atoms with Gasteiger partial charge in [-0.15, -0.1) is 10.2 Å². The third-order valence-corrected chi connectivity index (χ3v) is 6.39. The lowest BCUT2D eigenvalue weighted by atomic mass is 10.0. The van der Waals surface area contributed by atoms with Crippen molar-refractivity contribution in [2.24, 2.45) is 0 Å². The summed E-state index contributed by atoms with van der Waals surface area (Å²) in [4.78, 5) is 2.06. The molecule has 1 aromatic rings. The first-order valence-electron chi connectivity index (χ1n) is 7.58. The Hall–Kier alpha value is -1.21. The van der Waals surface area contributed by atoms with Crippen LogP contribution in [-0.2, 0) is 14.6 Å². The average Bonchev–Trinajstić information content (AvgIpc) is 2.57. The molecular weight excluding hydrogens is 290 g/mol. The molecule has 0 bridgehead atoms. The molecule has 1 aromatic heterocycles. The normalized spacial score (nSPS) is 21.4. The maximum atomic E-state index is 12.5. The molecule has 0 N–H and O–H groups in total. The number of ether oxygens (including phenoxy) is 1. The highest BCUT2D eigenvalue weighted by Crippen LogP contribution is 2.27. The van der Waals surface area contributed by atoms with E-state index in [1.54, 1.807) is 12.1 Å². The van der Waals surface area contributed by atoms with Crippen molar-refractivity contribution in [1.82, 2.24) is 10.2 Å². The third-order valence-electron chi connectivity index (χ3n) is 4.24. The van der Waals surface area contributed by atoms with Crippen molar-refractivity contribution < 1.29 is 13.2 Å². The van der Waals surface area contributed by atoms with Crippen LogP contribution in [0.15, 0.2) is 17.2 Å². The Kier molecular flexibility index (Phi) is 4.40. The van der Waals surface area contributed by atoms with Gasteiger partial charge in [-0.05, 0) is 25.0 Å². The third kappa shape index (κ3) is 3.18. The molecule has 2 fully saturated rings. The van der Waals surface area contributed by atoms with Crippen molar-refractivity contribution in [1.29, 1.82) is 0 Å². The molecule has 7 heteroatoms. The van der Waals surface area contributed by atoms with Crippen LogP contribution in [0.5, 0.6) is 0 Å². The van der Waals surface area contributed by atoms with E-state index in [2.05, 4.69) is 15.1 Å². The number of nitrogens with zero attached hydrogens (tertiary/aromatic N) is 3. The molecule has 0 atom stereocenters. The van der Waals surface area contributed by atoms with E-state index in [0.717, 1.165) is 51.0 Å². The Bertz CT molecular complexity index is 562. The molecule has 0 unspecified atom stereocenters. The topological polar surface area (TPSA) is 72.4 Å². The van der Waals surface area contributed by atoms with Gasteiger partial charge in [-0.25, -0.2) is 8.42 Å². The Labute approximate surface area is 125 Å². The van der Waals surface area contributed by atoms with E-state index in [0.29, 0.717) is 13.2 Å². The van der Waals surface area contributed by atoms with Gasteiger partial charge in [0, 0.05) is 13.1 Å². The Morgan fingerprint density at radius 3 is 2.38 bits per heavy atom. The lowest BCUT2D eigenvalue weighted by Gasteiger charge is -2.27. The van der Waals surface area contributed by atoms with Crippen molar-refractivity contribution in [2.45, 2.75) is 42.4 Å². The monoisotopic (exact) mass is 311 g/mol. The maximum absolute atomic E-state index is 12.5. The van der Waals surface area contributed by atoms with E-state index in [1.165, 1.54) is 0 Å². The maximum Gasteiger partial charge on any atom is 0.200 e. The Balaban J connectivity index is 1.76. The zero-order valence-electron chi connectivity index (χ0n) is 12.1. The summed E-state index contributed by atoms with van der Waals surface area (Å²) in [6.07, 6.45) is 4.60. The quantitative estimate of drug-likeness (QED) is 0.840. The molecule has 1 saturated carbocycles. The summed E-state index contributed by atoms with van der Waals surface area (Å²) in [6.45, 7) is 2.88. The van der Waals surface area contributed by atoms with Crippen molar-refractivity contribution in [2.75, 3.05) is 31.2 Å². The number of rotatable bonds is 3. The van der Waals surface area contributed by atoms with E-state index < -0.39 is 9.84 Å². The summed E-state index contributed by atoms with van der Waals surface area (Å²) >= 11 is 0. The van der Waals surface area contributed by atoms with Gasteiger partial charge >= 0.3 is 0 Å². The van der Waals surface area contributed by atoms with E-state index in [-0.39, 0.29) is 10.3 Å². The zero-order chi connectivity index (χ0) is 14.7. The predicted molar refractivity (Wildman–Crippen MR) is 79.1 cm³/mol. The molecule has 3 rings (SSSR count). The minimum Gasteiger partial charge on any atom is -0.378 e. The van der Waals surface area contributed by atoms with Gasteiger partial charge in [0.05, 0.1) is 18.5 Å². The van der Waals surface area contributed by atoms with E-state index >= 15 is 0 Å². The van der Waals surface area contributed by atoms with Crippen LogP contribution in [0, 0.1) is 0 Å². The second-order valence-electron chi connectivity index (χ2n) is 5.63. The average molecular weight is 311 g/mol. The Morgan fingerprint density at radius 1 is 1.05 bits per heavy atom. The minimum atomic E-state index is -3.33. The molecule has 6 nitrogen and oxygen atoms in total. The van der Waals surface area contributed by atoms with E-state index in [4.69, 9.17) is 4.74 Å². The van der Waals surface area contributed by atoms with Crippen LogP contribution >= 0.6 is 0 Å². The highest BCUT2D eigenvalue weighted by atomic mass is 32.2. The first-order chi connectivity index (χ1) is 10.2. The molecule has 2 aliphatic rings. The number of sulfone groups is 1. The predicted octanol–water partition coefficient (Wildman–Crippen LogP) is 1.42. The summed E-state index contributed by atoms with van der Waals surface area (Å²) in [6, 6.07) is 3.36. The van der Waals surface area contributed by atoms with Crippen LogP contribution < -0.4 is 4.90 Å². The molecule has 0 radical (unpaired) electrons. The van der Waals surface area contributed by atoms with Crippen LogP contribution in [0.2, 0.25) is 0 Å². The van der Waals surface area contributed by atoms with E-state index in [9.17, 15) is 8.42 Å². The fourth-order valence-electron chi connectivity index (χ4n) is 2.97. The molecule has 0 amide bonds. The van der Waals surface area contributed by atoms with Crippen molar-refractivity contribution in [3.63, 3.8) is 0 Å². The fourth-order valence-corrected chi connectivity index (χ4v) is 4.68. The summed E-state index contributed by atoms with van der Waals surface area (Å²) in [5, 5.41) is 7.92. The zero-order valence-corrected chi connectivity index (χ0v) is 12.9. The van der Waals surface area contributed by atoms with Gasteiger partial charge in [-0.1, -0.05) is 19.3 Å².